The number of carbonyl (C=O) groups excluding carboxylic acids is 2. The molecule has 172 valence electrons. The molecule has 3 aliphatic heterocycles. The van der Waals surface area contributed by atoms with Gasteiger partial charge in [0.1, 0.15) is 5.75 Å². The van der Waals surface area contributed by atoms with Gasteiger partial charge in [-0.2, -0.15) is 0 Å². The highest BCUT2D eigenvalue weighted by Gasteiger charge is 2.65. The van der Waals surface area contributed by atoms with E-state index in [9.17, 15) is 14.7 Å². The van der Waals surface area contributed by atoms with E-state index in [-0.39, 0.29) is 28.7 Å². The molecule has 6 rings (SSSR count). The Bertz CT molecular complexity index is 1340. The number of nitrogens with zero attached hydrogens (tertiary/aromatic N) is 2. The van der Waals surface area contributed by atoms with Gasteiger partial charge in [0.05, 0.1) is 11.4 Å². The molecule has 2 amide bonds. The third kappa shape index (κ3) is 2.57. The minimum Gasteiger partial charge on any atom is -0.508 e. The van der Waals surface area contributed by atoms with E-state index < -0.39 is 10.4 Å². The number of phenols is 1. The first kappa shape index (κ1) is 21.3. The predicted molar refractivity (Wildman–Crippen MR) is 135 cm³/mol. The average Bonchev–Trinajstić information content (AvgIpc) is 3.29. The minimum absolute atomic E-state index is 0.0704. The van der Waals surface area contributed by atoms with Gasteiger partial charge in [-0.1, -0.05) is 55.5 Å². The monoisotopic (exact) mass is 470 g/mol. The van der Waals surface area contributed by atoms with Gasteiger partial charge < -0.3 is 10.0 Å². The van der Waals surface area contributed by atoms with Crippen LogP contribution in [0.15, 0.2) is 72.8 Å². The number of aromatic hydroxyl groups is 1. The Kier molecular flexibility index (Phi) is 4.31. The first-order valence-electron chi connectivity index (χ1n) is 11.5. The number of fused-ring (bicyclic) bond motifs is 1. The molecule has 2 atom stereocenters. The van der Waals surface area contributed by atoms with Crippen molar-refractivity contribution >= 4 is 35.0 Å². The van der Waals surface area contributed by atoms with Crippen LogP contribution < -0.4 is 9.80 Å². The summed E-state index contributed by atoms with van der Waals surface area (Å²) in [5.41, 5.74) is 4.01. The third-order valence-electron chi connectivity index (χ3n) is 7.59. The number of hydrogen-bond acceptors (Lipinski definition) is 4. The van der Waals surface area contributed by atoms with Gasteiger partial charge in [-0.05, 0) is 55.7 Å². The highest BCUT2D eigenvalue weighted by atomic mass is 32.2. The van der Waals surface area contributed by atoms with Crippen molar-refractivity contribution in [2.45, 2.75) is 43.0 Å². The predicted octanol–water partition coefficient (Wildman–Crippen LogP) is 5.16. The molecule has 1 spiro atoms. The summed E-state index contributed by atoms with van der Waals surface area (Å²) >= 11 is 1.39. The van der Waals surface area contributed by atoms with Crippen molar-refractivity contribution in [1.82, 2.24) is 0 Å². The summed E-state index contributed by atoms with van der Waals surface area (Å²) in [6, 6.07) is 23.2. The first-order valence-corrected chi connectivity index (χ1v) is 12.5. The van der Waals surface area contributed by atoms with Crippen molar-refractivity contribution in [2.24, 2.45) is 0 Å². The molecule has 1 N–H and O–H groups in total. The molecule has 3 aliphatic rings. The van der Waals surface area contributed by atoms with E-state index in [2.05, 4.69) is 51.1 Å². The molecule has 1 saturated heterocycles. The van der Waals surface area contributed by atoms with Crippen molar-refractivity contribution in [3.05, 3.63) is 89.5 Å². The number of para-hydroxylation sites is 1. The summed E-state index contributed by atoms with van der Waals surface area (Å²) < 4.78 is 0. The number of thioether (sulfide) groups is 1. The molecule has 3 aromatic rings. The molecule has 6 heteroatoms. The van der Waals surface area contributed by atoms with Gasteiger partial charge in [-0.25, -0.2) is 0 Å². The van der Waals surface area contributed by atoms with Gasteiger partial charge in [0.25, 0.3) is 5.91 Å². The number of anilines is 2. The second kappa shape index (κ2) is 6.89. The Hall–Kier alpha value is -3.25. The Morgan fingerprint density at radius 3 is 2.21 bits per heavy atom. The van der Waals surface area contributed by atoms with E-state index in [1.807, 2.05) is 23.1 Å². The molecule has 5 nitrogen and oxygen atoms in total. The SMILES string of the molecule is CC1(C)C[C@@](C)(c2ccccc2)c2cccc3c2N1C(=O)[C@]31SCC(=O)N1c1ccc(O)cc1. The first-order chi connectivity index (χ1) is 16.2. The van der Waals surface area contributed by atoms with E-state index in [0.29, 0.717) is 5.69 Å². The van der Waals surface area contributed by atoms with Crippen LogP contribution in [0.4, 0.5) is 11.4 Å². The summed E-state index contributed by atoms with van der Waals surface area (Å²) in [5.74, 6) is 0.168. The standard InChI is InChI=1S/C28H26N2O3S/c1-26(2)17-27(3,18-8-5-4-6-9-18)21-10-7-11-22-24(21)30(26)25(33)28(22)29(23(32)16-34-28)19-12-14-20(31)15-13-19/h4-15,31H,16-17H2,1-3H3/t27-,28+/m0/s1. The Balaban J connectivity index is 1.63. The van der Waals surface area contributed by atoms with Crippen LogP contribution in [0.25, 0.3) is 0 Å². The number of carbonyl (C=O) groups is 2. The molecular formula is C28H26N2O3S. The van der Waals surface area contributed by atoms with Gasteiger partial charge in [0.15, 0.2) is 0 Å². The second-order valence-electron chi connectivity index (χ2n) is 10.2. The third-order valence-corrected chi connectivity index (χ3v) is 8.98. The normalized spacial score (nSPS) is 26.9. The lowest BCUT2D eigenvalue weighted by Crippen LogP contribution is -2.58. The van der Waals surface area contributed by atoms with Crippen molar-refractivity contribution in [2.75, 3.05) is 15.6 Å². The fraction of sp³-hybridized carbons (Fsp3) is 0.286. The Morgan fingerprint density at radius 1 is 0.824 bits per heavy atom. The summed E-state index contributed by atoms with van der Waals surface area (Å²) in [5, 5.41) is 9.81. The largest absolute Gasteiger partial charge is 0.508 e. The zero-order valence-corrected chi connectivity index (χ0v) is 20.2. The van der Waals surface area contributed by atoms with Crippen molar-refractivity contribution in [1.29, 1.82) is 0 Å². The Labute approximate surface area is 203 Å². The van der Waals surface area contributed by atoms with E-state index >= 15 is 0 Å². The number of rotatable bonds is 2. The molecule has 0 radical (unpaired) electrons. The topological polar surface area (TPSA) is 60.9 Å². The fourth-order valence-corrected chi connectivity index (χ4v) is 7.64. The maximum Gasteiger partial charge on any atom is 0.269 e. The van der Waals surface area contributed by atoms with Gasteiger partial charge in [0.2, 0.25) is 10.8 Å². The number of benzene rings is 3. The average molecular weight is 471 g/mol. The van der Waals surface area contributed by atoms with Crippen LogP contribution in [-0.4, -0.2) is 28.2 Å². The van der Waals surface area contributed by atoms with Gasteiger partial charge >= 0.3 is 0 Å². The van der Waals surface area contributed by atoms with Crippen LogP contribution >= 0.6 is 11.8 Å². The highest BCUT2D eigenvalue weighted by Crippen LogP contribution is 2.62. The highest BCUT2D eigenvalue weighted by molar-refractivity contribution is 8.02. The molecule has 0 saturated carbocycles. The van der Waals surface area contributed by atoms with E-state index in [4.69, 9.17) is 0 Å². The van der Waals surface area contributed by atoms with Crippen LogP contribution in [0, 0.1) is 0 Å². The molecule has 0 aliphatic carbocycles. The van der Waals surface area contributed by atoms with Crippen LogP contribution in [0.5, 0.6) is 5.75 Å². The number of hydrogen-bond donors (Lipinski definition) is 1. The van der Waals surface area contributed by atoms with Crippen LogP contribution in [0.1, 0.15) is 43.9 Å². The molecule has 0 unspecified atom stereocenters. The van der Waals surface area contributed by atoms with E-state index in [1.54, 1.807) is 29.2 Å². The second-order valence-corrected chi connectivity index (χ2v) is 11.4. The van der Waals surface area contributed by atoms with Gasteiger partial charge in [0, 0.05) is 22.2 Å². The lowest BCUT2D eigenvalue weighted by Gasteiger charge is -2.50. The van der Waals surface area contributed by atoms with E-state index in [0.717, 1.165) is 23.2 Å². The molecule has 34 heavy (non-hydrogen) atoms. The summed E-state index contributed by atoms with van der Waals surface area (Å²) in [6.07, 6.45) is 0.764. The molecule has 3 aromatic carbocycles. The number of amides is 2. The van der Waals surface area contributed by atoms with Gasteiger partial charge in [-0.15, -0.1) is 11.8 Å². The summed E-state index contributed by atoms with van der Waals surface area (Å²) in [4.78, 5) is 30.1. The quantitative estimate of drug-likeness (QED) is 0.562. The minimum atomic E-state index is -1.15. The van der Waals surface area contributed by atoms with Crippen LogP contribution in [0.3, 0.4) is 0 Å². The zero-order chi connectivity index (χ0) is 23.9. The Morgan fingerprint density at radius 2 is 1.50 bits per heavy atom. The molecule has 0 bridgehead atoms. The van der Waals surface area contributed by atoms with Crippen LogP contribution in [-0.2, 0) is 19.9 Å². The van der Waals surface area contributed by atoms with Gasteiger partial charge in [-0.3, -0.25) is 14.5 Å². The molecule has 1 fully saturated rings. The maximum absolute atomic E-state index is 14.4. The van der Waals surface area contributed by atoms with E-state index in [1.165, 1.54) is 17.3 Å². The fourth-order valence-electron chi connectivity index (χ4n) is 6.31. The molecule has 3 heterocycles. The zero-order valence-electron chi connectivity index (χ0n) is 19.4. The molecule has 0 aromatic heterocycles. The lowest BCUT2D eigenvalue weighted by molar-refractivity contribution is -0.124. The van der Waals surface area contributed by atoms with Crippen molar-refractivity contribution < 1.29 is 14.7 Å². The van der Waals surface area contributed by atoms with Crippen molar-refractivity contribution in [3.8, 4) is 5.75 Å². The van der Waals surface area contributed by atoms with Crippen molar-refractivity contribution in [3.63, 3.8) is 0 Å². The van der Waals surface area contributed by atoms with Crippen LogP contribution in [0.2, 0.25) is 0 Å². The molecular weight excluding hydrogens is 444 g/mol. The number of phenolic OH excluding ortho intramolecular Hbond substituents is 1. The summed E-state index contributed by atoms with van der Waals surface area (Å²) in [7, 11) is 0. The summed E-state index contributed by atoms with van der Waals surface area (Å²) in [6.45, 7) is 6.51. The lowest BCUT2D eigenvalue weighted by atomic mass is 9.65. The smallest absolute Gasteiger partial charge is 0.269 e. The maximum atomic E-state index is 14.4.